The molecule has 2 heterocycles. The Balaban J connectivity index is 2.73. The normalized spacial score (nSPS) is 10.8. The maximum absolute atomic E-state index is 9.44. The van der Waals surface area contributed by atoms with E-state index in [0.29, 0.717) is 0 Å². The van der Waals surface area contributed by atoms with E-state index in [1.165, 1.54) is 0 Å². The van der Waals surface area contributed by atoms with E-state index in [1.54, 1.807) is 10.6 Å². The van der Waals surface area contributed by atoms with Crippen molar-refractivity contribution < 1.29 is 5.11 Å². The summed E-state index contributed by atoms with van der Waals surface area (Å²) in [5.41, 5.74) is 1.63. The topological polar surface area (TPSA) is 37.5 Å². The molecule has 2 aromatic rings. The molecule has 0 amide bonds. The Morgan fingerprint density at radius 2 is 2.42 bits per heavy atom. The Morgan fingerprint density at radius 1 is 1.58 bits per heavy atom. The lowest BCUT2D eigenvalue weighted by molar-refractivity contribution is 0.461. The number of aryl methyl sites for hydroxylation is 1. The fraction of sp³-hybridized carbons (Fsp3) is 0.222. The number of aromatic hydroxyl groups is 1. The highest BCUT2D eigenvalue weighted by molar-refractivity contribution is 5.43. The monoisotopic (exact) mass is 162 g/mol. The molecule has 0 saturated carbocycles. The summed E-state index contributed by atoms with van der Waals surface area (Å²) in [6, 6.07) is 3.82. The molecule has 3 heteroatoms. The van der Waals surface area contributed by atoms with Gasteiger partial charge in [-0.15, -0.1) is 0 Å². The number of fused-ring (bicyclic) bond motifs is 1. The molecular formula is C9H10N2O. The van der Waals surface area contributed by atoms with Gasteiger partial charge in [-0.2, -0.15) is 0 Å². The summed E-state index contributed by atoms with van der Waals surface area (Å²) in [5, 5.41) is 9.44. The minimum Gasteiger partial charge on any atom is -0.505 e. The van der Waals surface area contributed by atoms with Crippen molar-refractivity contribution in [2.45, 2.75) is 13.3 Å². The fourth-order valence-electron chi connectivity index (χ4n) is 1.25. The molecule has 0 saturated heterocycles. The van der Waals surface area contributed by atoms with Crippen LogP contribution in [-0.2, 0) is 6.42 Å². The minimum atomic E-state index is 0.265. The molecule has 62 valence electrons. The van der Waals surface area contributed by atoms with Gasteiger partial charge in [0.1, 0.15) is 5.65 Å². The smallest absolute Gasteiger partial charge is 0.153 e. The predicted octanol–water partition coefficient (Wildman–Crippen LogP) is 1.60. The molecule has 0 atom stereocenters. The molecule has 0 aliphatic heterocycles. The average Bonchev–Trinajstić information content (AvgIpc) is 2.49. The van der Waals surface area contributed by atoms with Crippen molar-refractivity contribution in [1.82, 2.24) is 9.38 Å². The summed E-state index contributed by atoms with van der Waals surface area (Å²) in [4.78, 5) is 4.27. The van der Waals surface area contributed by atoms with Crippen LogP contribution in [0.15, 0.2) is 24.5 Å². The zero-order valence-corrected chi connectivity index (χ0v) is 6.86. The van der Waals surface area contributed by atoms with Crippen molar-refractivity contribution in [3.63, 3.8) is 0 Å². The highest BCUT2D eigenvalue weighted by atomic mass is 16.3. The molecule has 0 aromatic carbocycles. The van der Waals surface area contributed by atoms with Gasteiger partial charge >= 0.3 is 0 Å². The first-order valence-corrected chi connectivity index (χ1v) is 3.97. The van der Waals surface area contributed by atoms with Crippen molar-refractivity contribution in [2.24, 2.45) is 0 Å². The molecule has 0 bridgehead atoms. The molecule has 0 aliphatic rings. The van der Waals surface area contributed by atoms with Crippen LogP contribution in [0.2, 0.25) is 0 Å². The number of rotatable bonds is 1. The van der Waals surface area contributed by atoms with Crippen LogP contribution in [0.25, 0.3) is 5.65 Å². The first-order valence-electron chi connectivity index (χ1n) is 3.97. The molecule has 3 nitrogen and oxygen atoms in total. The maximum Gasteiger partial charge on any atom is 0.153 e. The van der Waals surface area contributed by atoms with Gasteiger partial charge in [0.05, 0.1) is 11.9 Å². The van der Waals surface area contributed by atoms with Crippen molar-refractivity contribution in [3.05, 3.63) is 30.2 Å². The van der Waals surface area contributed by atoms with Crippen LogP contribution in [0.4, 0.5) is 0 Å². The molecule has 0 spiro atoms. The molecule has 0 unspecified atom stereocenters. The Bertz CT molecular complexity index is 406. The number of nitrogens with zero attached hydrogens (tertiary/aromatic N) is 2. The summed E-state index contributed by atoms with van der Waals surface area (Å²) in [6.45, 7) is 1.97. The predicted molar refractivity (Wildman–Crippen MR) is 46.2 cm³/mol. The molecular weight excluding hydrogens is 152 g/mol. The Hall–Kier alpha value is -1.51. The largest absolute Gasteiger partial charge is 0.505 e. The standard InChI is InChI=1S/C9H10N2O/c1-2-7-8(12)6-11-5-3-4-9(11)10-7/h3-6,12H,2H2,1H3. The second-order valence-corrected chi connectivity index (χ2v) is 2.70. The minimum absolute atomic E-state index is 0.265. The van der Waals surface area contributed by atoms with E-state index in [2.05, 4.69) is 4.98 Å². The first-order chi connectivity index (χ1) is 5.81. The molecule has 2 rings (SSSR count). The number of aromatic nitrogens is 2. The van der Waals surface area contributed by atoms with E-state index in [0.717, 1.165) is 17.8 Å². The molecule has 12 heavy (non-hydrogen) atoms. The van der Waals surface area contributed by atoms with E-state index < -0.39 is 0 Å². The molecule has 2 aromatic heterocycles. The third-order valence-electron chi connectivity index (χ3n) is 1.90. The second-order valence-electron chi connectivity index (χ2n) is 2.70. The van der Waals surface area contributed by atoms with E-state index >= 15 is 0 Å². The fourth-order valence-corrected chi connectivity index (χ4v) is 1.25. The zero-order chi connectivity index (χ0) is 8.55. The molecule has 0 aliphatic carbocycles. The zero-order valence-electron chi connectivity index (χ0n) is 6.86. The van der Waals surface area contributed by atoms with Crippen molar-refractivity contribution in [2.75, 3.05) is 0 Å². The van der Waals surface area contributed by atoms with Crippen molar-refractivity contribution >= 4 is 5.65 Å². The summed E-state index contributed by atoms with van der Waals surface area (Å²) < 4.78 is 1.80. The third-order valence-corrected chi connectivity index (χ3v) is 1.90. The lowest BCUT2D eigenvalue weighted by Gasteiger charge is -2.01. The van der Waals surface area contributed by atoms with Crippen LogP contribution in [0.5, 0.6) is 5.75 Å². The van der Waals surface area contributed by atoms with Crippen LogP contribution >= 0.6 is 0 Å². The van der Waals surface area contributed by atoms with Gasteiger partial charge in [0, 0.05) is 6.20 Å². The summed E-state index contributed by atoms with van der Waals surface area (Å²) >= 11 is 0. The van der Waals surface area contributed by atoms with Crippen molar-refractivity contribution in [3.8, 4) is 5.75 Å². The van der Waals surface area contributed by atoms with Crippen LogP contribution in [0.3, 0.4) is 0 Å². The van der Waals surface area contributed by atoms with E-state index in [4.69, 9.17) is 0 Å². The summed E-state index contributed by atoms with van der Waals surface area (Å²) in [6.07, 6.45) is 4.30. The van der Waals surface area contributed by atoms with E-state index in [9.17, 15) is 5.11 Å². The molecule has 0 fully saturated rings. The van der Waals surface area contributed by atoms with Crippen LogP contribution in [0, 0.1) is 0 Å². The first kappa shape index (κ1) is 7.16. The van der Waals surface area contributed by atoms with Crippen LogP contribution < -0.4 is 0 Å². The lowest BCUT2D eigenvalue weighted by Crippen LogP contribution is -1.92. The second kappa shape index (κ2) is 2.52. The average molecular weight is 162 g/mol. The molecule has 1 N–H and O–H groups in total. The Labute approximate surface area is 70.3 Å². The van der Waals surface area contributed by atoms with Crippen molar-refractivity contribution in [1.29, 1.82) is 0 Å². The van der Waals surface area contributed by atoms with E-state index in [1.807, 2.05) is 25.3 Å². The van der Waals surface area contributed by atoms with Crippen LogP contribution in [-0.4, -0.2) is 14.5 Å². The van der Waals surface area contributed by atoms with Gasteiger partial charge in [0.25, 0.3) is 0 Å². The van der Waals surface area contributed by atoms with Gasteiger partial charge < -0.3 is 9.51 Å². The maximum atomic E-state index is 9.44. The van der Waals surface area contributed by atoms with Crippen LogP contribution in [0.1, 0.15) is 12.6 Å². The number of hydrogen-bond acceptors (Lipinski definition) is 2. The van der Waals surface area contributed by atoms with Gasteiger partial charge in [-0.3, -0.25) is 0 Å². The Morgan fingerprint density at radius 3 is 3.17 bits per heavy atom. The SMILES string of the molecule is CCc1nc2cccn2cc1O. The molecule has 0 radical (unpaired) electrons. The third kappa shape index (κ3) is 0.942. The highest BCUT2D eigenvalue weighted by Gasteiger charge is 2.02. The van der Waals surface area contributed by atoms with E-state index in [-0.39, 0.29) is 5.75 Å². The van der Waals surface area contributed by atoms with Gasteiger partial charge in [-0.25, -0.2) is 4.98 Å². The van der Waals surface area contributed by atoms with Gasteiger partial charge in [0.15, 0.2) is 5.75 Å². The summed E-state index contributed by atoms with van der Waals surface area (Å²) in [5.74, 6) is 0.265. The van der Waals surface area contributed by atoms with Gasteiger partial charge in [0.2, 0.25) is 0 Å². The summed E-state index contributed by atoms with van der Waals surface area (Å²) in [7, 11) is 0. The Kier molecular flexibility index (Phi) is 1.50. The number of hydrogen-bond donors (Lipinski definition) is 1. The van der Waals surface area contributed by atoms with Gasteiger partial charge in [-0.1, -0.05) is 6.92 Å². The lowest BCUT2D eigenvalue weighted by atomic mass is 10.3. The highest BCUT2D eigenvalue weighted by Crippen LogP contribution is 2.15. The quantitative estimate of drug-likeness (QED) is 0.691. The van der Waals surface area contributed by atoms with Gasteiger partial charge in [-0.05, 0) is 18.6 Å².